The maximum atomic E-state index is 12.4. The van der Waals surface area contributed by atoms with Crippen LogP contribution in [0.1, 0.15) is 6.42 Å². The van der Waals surface area contributed by atoms with Crippen LogP contribution in [-0.4, -0.2) is 23.1 Å². The van der Waals surface area contributed by atoms with Crippen LogP contribution in [0.4, 0.5) is 10.5 Å². The number of carbonyl (C=O) groups excluding carboxylic acids is 2. The van der Waals surface area contributed by atoms with Crippen molar-refractivity contribution in [3.63, 3.8) is 0 Å². The van der Waals surface area contributed by atoms with Gasteiger partial charge in [-0.05, 0) is 12.1 Å². The predicted molar refractivity (Wildman–Crippen MR) is 74.7 cm³/mol. The highest BCUT2D eigenvalue weighted by atomic mass is 16.2. The molecule has 0 saturated carbocycles. The number of amides is 3. The molecule has 6 heteroatoms. The lowest BCUT2D eigenvalue weighted by Gasteiger charge is -2.26. The molecule has 0 aliphatic carbocycles. The second-order valence-corrected chi connectivity index (χ2v) is 4.71. The zero-order chi connectivity index (χ0) is 14.3. The van der Waals surface area contributed by atoms with E-state index in [4.69, 9.17) is 0 Å². The largest absolute Gasteiger partial charge is 0.328 e. The molecule has 1 aliphatic rings. The number of nitrogens with zero attached hydrogens (tertiary/aromatic N) is 2. The maximum absolute atomic E-state index is 12.4. The maximum Gasteiger partial charge on any atom is 0.328 e. The smallest absolute Gasteiger partial charge is 0.310 e. The molecule has 0 unspecified atom stereocenters. The Bertz CT molecular complexity index is 779. The highest BCUT2D eigenvalue weighted by Crippen LogP contribution is 2.19. The summed E-state index contributed by atoms with van der Waals surface area (Å²) in [5.41, 5.74) is 0.833. The van der Waals surface area contributed by atoms with Gasteiger partial charge in [0.1, 0.15) is 5.69 Å². The minimum Gasteiger partial charge on any atom is -0.310 e. The summed E-state index contributed by atoms with van der Waals surface area (Å²) in [6.45, 7) is 0.220. The summed E-state index contributed by atoms with van der Waals surface area (Å²) in [5, 5.41) is 3.09. The number of hydrogen-bond donors (Lipinski definition) is 1. The van der Waals surface area contributed by atoms with Gasteiger partial charge in [-0.25, -0.2) is 4.79 Å². The third-order valence-electron chi connectivity index (χ3n) is 3.46. The van der Waals surface area contributed by atoms with Crippen LogP contribution < -0.4 is 15.8 Å². The lowest BCUT2D eigenvalue weighted by molar-refractivity contribution is -0.120. The number of benzene rings is 1. The first-order chi connectivity index (χ1) is 9.58. The lowest BCUT2D eigenvalue weighted by Crippen LogP contribution is -2.51. The Hall–Kier alpha value is -2.63. The molecule has 3 amide bonds. The molecule has 1 aromatic heterocycles. The lowest BCUT2D eigenvalue weighted by atomic mass is 10.2. The van der Waals surface area contributed by atoms with Gasteiger partial charge in [-0.2, -0.15) is 0 Å². The van der Waals surface area contributed by atoms with Crippen molar-refractivity contribution in [2.24, 2.45) is 7.05 Å². The zero-order valence-electron chi connectivity index (χ0n) is 10.9. The van der Waals surface area contributed by atoms with E-state index in [1.807, 2.05) is 24.3 Å². The standard InChI is InChI=1S/C14H13N3O3/c1-16-10-5-3-2-4-9(10)8-11(13(16)19)17-7-6-12(18)15-14(17)20/h2-5,8H,6-7H2,1H3,(H,15,18,20). The Balaban J connectivity index is 2.17. The summed E-state index contributed by atoms with van der Waals surface area (Å²) < 4.78 is 1.51. The summed E-state index contributed by atoms with van der Waals surface area (Å²) in [6.07, 6.45) is 0.196. The summed E-state index contributed by atoms with van der Waals surface area (Å²) in [7, 11) is 1.67. The van der Waals surface area contributed by atoms with Crippen LogP contribution in [0.15, 0.2) is 35.1 Å². The van der Waals surface area contributed by atoms with E-state index in [1.54, 1.807) is 13.1 Å². The average Bonchev–Trinajstić information content (AvgIpc) is 2.43. The van der Waals surface area contributed by atoms with Gasteiger partial charge < -0.3 is 4.57 Å². The second-order valence-electron chi connectivity index (χ2n) is 4.71. The van der Waals surface area contributed by atoms with Gasteiger partial charge in [0.05, 0.1) is 5.52 Å². The number of para-hydroxylation sites is 1. The molecule has 1 saturated heterocycles. The number of rotatable bonds is 1. The highest BCUT2D eigenvalue weighted by Gasteiger charge is 2.26. The number of hydrogen-bond acceptors (Lipinski definition) is 3. The molecule has 0 atom stereocenters. The Labute approximate surface area is 114 Å². The van der Waals surface area contributed by atoms with Crippen molar-refractivity contribution in [2.75, 3.05) is 11.4 Å². The molecule has 20 heavy (non-hydrogen) atoms. The molecular weight excluding hydrogens is 258 g/mol. The fourth-order valence-corrected chi connectivity index (χ4v) is 2.39. The van der Waals surface area contributed by atoms with Crippen molar-refractivity contribution in [1.82, 2.24) is 9.88 Å². The Morgan fingerprint density at radius 3 is 2.65 bits per heavy atom. The third-order valence-corrected chi connectivity index (χ3v) is 3.46. The first-order valence-electron chi connectivity index (χ1n) is 6.28. The molecule has 1 aromatic carbocycles. The van der Waals surface area contributed by atoms with Gasteiger partial charge in [0.15, 0.2) is 0 Å². The van der Waals surface area contributed by atoms with Crippen molar-refractivity contribution < 1.29 is 9.59 Å². The number of urea groups is 1. The first kappa shape index (κ1) is 12.4. The Kier molecular flexibility index (Phi) is 2.78. The number of fused-ring (bicyclic) bond motifs is 1. The third kappa shape index (κ3) is 1.85. The first-order valence-corrected chi connectivity index (χ1v) is 6.28. The van der Waals surface area contributed by atoms with Gasteiger partial charge in [-0.15, -0.1) is 0 Å². The van der Waals surface area contributed by atoms with E-state index in [0.717, 1.165) is 10.9 Å². The number of carbonyl (C=O) groups is 2. The number of imide groups is 1. The van der Waals surface area contributed by atoms with Crippen LogP contribution in [0.2, 0.25) is 0 Å². The molecule has 2 heterocycles. The minimum absolute atomic E-state index is 0.196. The molecule has 1 aliphatic heterocycles. The molecule has 0 bridgehead atoms. The molecule has 6 nitrogen and oxygen atoms in total. The molecule has 0 radical (unpaired) electrons. The highest BCUT2D eigenvalue weighted by molar-refractivity contribution is 6.06. The molecule has 2 aromatic rings. The molecule has 3 rings (SSSR count). The van der Waals surface area contributed by atoms with Crippen molar-refractivity contribution in [1.29, 1.82) is 0 Å². The average molecular weight is 271 g/mol. The van der Waals surface area contributed by atoms with Gasteiger partial charge in [-0.1, -0.05) is 18.2 Å². The van der Waals surface area contributed by atoms with Crippen molar-refractivity contribution >= 4 is 28.5 Å². The van der Waals surface area contributed by atoms with E-state index in [-0.39, 0.29) is 30.1 Å². The van der Waals surface area contributed by atoms with E-state index in [2.05, 4.69) is 5.32 Å². The number of aromatic nitrogens is 1. The van der Waals surface area contributed by atoms with Crippen LogP contribution in [0.3, 0.4) is 0 Å². The van der Waals surface area contributed by atoms with Crippen molar-refractivity contribution in [2.45, 2.75) is 6.42 Å². The molecule has 0 spiro atoms. The summed E-state index contributed by atoms with van der Waals surface area (Å²) in [6, 6.07) is 8.59. The molecular formula is C14H13N3O3. The van der Waals surface area contributed by atoms with Crippen molar-refractivity contribution in [3.8, 4) is 0 Å². The van der Waals surface area contributed by atoms with Gasteiger partial charge in [0.2, 0.25) is 5.91 Å². The number of aryl methyl sites for hydroxylation is 1. The van der Waals surface area contributed by atoms with Crippen LogP contribution in [0, 0.1) is 0 Å². The topological polar surface area (TPSA) is 71.4 Å². The van der Waals surface area contributed by atoms with Crippen LogP contribution >= 0.6 is 0 Å². The zero-order valence-corrected chi connectivity index (χ0v) is 10.9. The van der Waals surface area contributed by atoms with Gasteiger partial charge in [0.25, 0.3) is 5.56 Å². The van der Waals surface area contributed by atoms with Gasteiger partial charge in [0, 0.05) is 25.4 Å². The minimum atomic E-state index is -0.548. The quantitative estimate of drug-likeness (QED) is 0.840. The van der Waals surface area contributed by atoms with Gasteiger partial charge >= 0.3 is 6.03 Å². The summed E-state index contributed by atoms with van der Waals surface area (Å²) >= 11 is 0. The van der Waals surface area contributed by atoms with E-state index in [0.29, 0.717) is 0 Å². The fraction of sp³-hybridized carbons (Fsp3) is 0.214. The Morgan fingerprint density at radius 1 is 1.15 bits per heavy atom. The van der Waals surface area contributed by atoms with E-state index in [9.17, 15) is 14.4 Å². The Morgan fingerprint density at radius 2 is 1.90 bits per heavy atom. The van der Waals surface area contributed by atoms with Crippen LogP contribution in [-0.2, 0) is 11.8 Å². The van der Waals surface area contributed by atoms with Crippen molar-refractivity contribution in [3.05, 3.63) is 40.7 Å². The normalized spacial score (nSPS) is 15.6. The van der Waals surface area contributed by atoms with E-state index in [1.165, 1.54) is 9.47 Å². The fourth-order valence-electron chi connectivity index (χ4n) is 2.39. The van der Waals surface area contributed by atoms with Gasteiger partial charge in [-0.3, -0.25) is 19.8 Å². The second kappa shape index (κ2) is 4.48. The number of anilines is 1. The monoisotopic (exact) mass is 271 g/mol. The van der Waals surface area contributed by atoms with E-state index >= 15 is 0 Å². The van der Waals surface area contributed by atoms with Crippen LogP contribution in [0.5, 0.6) is 0 Å². The molecule has 102 valence electrons. The van der Waals surface area contributed by atoms with Crippen LogP contribution in [0.25, 0.3) is 10.9 Å². The SMILES string of the molecule is Cn1c(=O)c(N2CCC(=O)NC2=O)cc2ccccc21. The van der Waals surface area contributed by atoms with E-state index < -0.39 is 6.03 Å². The molecule has 1 N–H and O–H groups in total. The predicted octanol–water partition coefficient (Wildman–Crippen LogP) is 0.985. The number of nitrogens with one attached hydrogen (secondary N) is 1. The molecule has 1 fully saturated rings. The summed E-state index contributed by atoms with van der Waals surface area (Å²) in [4.78, 5) is 36.7. The number of pyridine rings is 1. The summed E-state index contributed by atoms with van der Waals surface area (Å²) in [5.74, 6) is -0.316.